The predicted octanol–water partition coefficient (Wildman–Crippen LogP) is 3.74. The first-order valence-corrected chi connectivity index (χ1v) is 9.87. The Morgan fingerprint density at radius 3 is 2.48 bits per heavy atom. The summed E-state index contributed by atoms with van der Waals surface area (Å²) >= 11 is 0. The summed E-state index contributed by atoms with van der Waals surface area (Å²) in [7, 11) is 0. The monoisotopic (exact) mass is 430 g/mol. The van der Waals surface area contributed by atoms with Gasteiger partial charge < -0.3 is 14.8 Å². The molecule has 9 heteroatoms. The zero-order valence-corrected chi connectivity index (χ0v) is 16.5. The van der Waals surface area contributed by atoms with Gasteiger partial charge in [-0.1, -0.05) is 37.1 Å². The van der Waals surface area contributed by atoms with Crippen molar-refractivity contribution in [2.75, 3.05) is 16.8 Å². The summed E-state index contributed by atoms with van der Waals surface area (Å²) in [6, 6.07) is 12.3. The fourth-order valence-electron chi connectivity index (χ4n) is 4.23. The van der Waals surface area contributed by atoms with Gasteiger partial charge in [0, 0.05) is 0 Å². The van der Waals surface area contributed by atoms with E-state index < -0.39 is 30.6 Å². The number of fused-ring (bicyclic) bond motifs is 1. The molecule has 1 aliphatic carbocycles. The number of hydrogen-bond donors (Lipinski definition) is 1. The van der Waals surface area contributed by atoms with E-state index in [1.54, 1.807) is 24.3 Å². The number of carbonyl (C=O) groups excluding carboxylic acids is 3. The van der Waals surface area contributed by atoms with Crippen LogP contribution in [0.4, 0.5) is 20.2 Å². The third-order valence-corrected chi connectivity index (χ3v) is 5.57. The fraction of sp³-hybridized carbons (Fsp3) is 0.318. The highest BCUT2D eigenvalue weighted by Crippen LogP contribution is 2.45. The van der Waals surface area contributed by atoms with Gasteiger partial charge in [0.1, 0.15) is 16.9 Å². The Balaban J connectivity index is 1.57. The average molecular weight is 430 g/mol. The van der Waals surface area contributed by atoms with Crippen molar-refractivity contribution in [3.8, 4) is 5.75 Å². The van der Waals surface area contributed by atoms with Crippen LogP contribution in [0.5, 0.6) is 5.75 Å². The van der Waals surface area contributed by atoms with Crippen molar-refractivity contribution in [2.24, 2.45) is 0 Å². The van der Waals surface area contributed by atoms with Gasteiger partial charge in [0.15, 0.2) is 6.61 Å². The van der Waals surface area contributed by atoms with Crippen LogP contribution in [-0.2, 0) is 14.3 Å². The zero-order valence-electron chi connectivity index (χ0n) is 16.5. The van der Waals surface area contributed by atoms with Crippen molar-refractivity contribution in [1.82, 2.24) is 0 Å². The molecule has 2 aliphatic rings. The van der Waals surface area contributed by atoms with E-state index in [-0.39, 0.29) is 17.2 Å². The molecule has 1 saturated carbocycles. The summed E-state index contributed by atoms with van der Waals surface area (Å²) in [5.74, 6) is -2.14. The molecule has 2 amide bonds. The van der Waals surface area contributed by atoms with E-state index in [1.165, 1.54) is 29.2 Å². The maximum absolute atomic E-state index is 13.2. The maximum Gasteiger partial charge on any atom is 0.387 e. The van der Waals surface area contributed by atoms with Crippen LogP contribution in [0, 0.1) is 0 Å². The lowest BCUT2D eigenvalue weighted by atomic mass is 9.90. The van der Waals surface area contributed by atoms with Crippen LogP contribution < -0.4 is 15.0 Å². The Labute approximate surface area is 176 Å². The van der Waals surface area contributed by atoms with E-state index in [2.05, 4.69) is 10.1 Å². The smallest absolute Gasteiger partial charge is 0.387 e. The van der Waals surface area contributed by atoms with Crippen molar-refractivity contribution in [2.45, 2.75) is 37.8 Å². The first kappa shape index (κ1) is 20.8. The highest BCUT2D eigenvalue weighted by atomic mass is 19.3. The molecule has 1 spiro atoms. The average Bonchev–Trinajstić information content (AvgIpc) is 3.23. The highest BCUT2D eigenvalue weighted by molar-refractivity contribution is 6.15. The van der Waals surface area contributed by atoms with E-state index in [9.17, 15) is 23.2 Å². The summed E-state index contributed by atoms with van der Waals surface area (Å²) in [6.45, 7) is -3.76. The first-order chi connectivity index (χ1) is 14.9. The number of nitrogens with one attached hydrogen (secondary N) is 1. The van der Waals surface area contributed by atoms with Crippen LogP contribution in [0.3, 0.4) is 0 Å². The number of para-hydroxylation sites is 3. The van der Waals surface area contributed by atoms with Gasteiger partial charge in [-0.3, -0.25) is 14.5 Å². The van der Waals surface area contributed by atoms with Gasteiger partial charge in [-0.2, -0.15) is 8.78 Å². The minimum absolute atomic E-state index is 0.219. The first-order valence-electron chi connectivity index (χ1n) is 9.87. The molecule has 1 heterocycles. The number of amides is 2. The molecule has 7 nitrogen and oxygen atoms in total. The lowest BCUT2D eigenvalue weighted by molar-refractivity contribution is -0.129. The Hall–Kier alpha value is -3.49. The second-order valence-corrected chi connectivity index (χ2v) is 7.39. The quantitative estimate of drug-likeness (QED) is 0.731. The summed E-state index contributed by atoms with van der Waals surface area (Å²) in [5, 5.41) is 2.87. The van der Waals surface area contributed by atoms with Gasteiger partial charge in [0.2, 0.25) is 0 Å². The number of nitrogens with zero attached hydrogens (tertiary/aromatic N) is 1. The molecule has 2 aromatic carbocycles. The number of anilines is 2. The van der Waals surface area contributed by atoms with Crippen molar-refractivity contribution >= 4 is 29.2 Å². The molecule has 1 aliphatic heterocycles. The van der Waals surface area contributed by atoms with Crippen LogP contribution >= 0.6 is 0 Å². The highest BCUT2D eigenvalue weighted by Gasteiger charge is 2.52. The summed E-state index contributed by atoms with van der Waals surface area (Å²) in [4.78, 5) is 40.0. The lowest BCUT2D eigenvalue weighted by Gasteiger charge is -2.44. The topological polar surface area (TPSA) is 84.9 Å². The SMILES string of the molecule is O=C(OCC(=O)N1c2ccccc2NC(=O)C12CCCC2)c1ccccc1OC(F)F. The number of ether oxygens (including phenoxy) is 2. The molecule has 0 radical (unpaired) electrons. The largest absolute Gasteiger partial charge is 0.452 e. The lowest BCUT2D eigenvalue weighted by Crippen LogP contribution is -2.61. The molecule has 0 aromatic heterocycles. The molecule has 0 unspecified atom stereocenters. The van der Waals surface area contributed by atoms with Crippen molar-refractivity contribution in [3.05, 3.63) is 54.1 Å². The van der Waals surface area contributed by atoms with Crippen LogP contribution in [0.1, 0.15) is 36.0 Å². The third-order valence-electron chi connectivity index (χ3n) is 5.57. The number of esters is 1. The van der Waals surface area contributed by atoms with Crippen molar-refractivity contribution in [3.63, 3.8) is 0 Å². The van der Waals surface area contributed by atoms with E-state index >= 15 is 0 Å². The minimum Gasteiger partial charge on any atom is -0.452 e. The van der Waals surface area contributed by atoms with Crippen LogP contribution in [0.25, 0.3) is 0 Å². The normalized spacial score (nSPS) is 16.7. The molecule has 0 atom stereocenters. The molecule has 162 valence electrons. The van der Waals surface area contributed by atoms with E-state index in [1.807, 2.05) is 0 Å². The second kappa shape index (κ2) is 8.33. The van der Waals surface area contributed by atoms with Gasteiger partial charge in [-0.25, -0.2) is 4.79 Å². The van der Waals surface area contributed by atoms with Crippen molar-refractivity contribution in [1.29, 1.82) is 0 Å². The number of halogens is 2. The molecule has 0 bridgehead atoms. The Morgan fingerprint density at radius 2 is 1.74 bits per heavy atom. The number of hydrogen-bond acceptors (Lipinski definition) is 5. The molecular formula is C22H20F2N2O5. The Morgan fingerprint density at radius 1 is 1.06 bits per heavy atom. The molecule has 1 N–H and O–H groups in total. The fourth-order valence-corrected chi connectivity index (χ4v) is 4.23. The van der Waals surface area contributed by atoms with Crippen LogP contribution in [-0.4, -0.2) is 36.5 Å². The summed E-state index contributed by atoms with van der Waals surface area (Å²) < 4.78 is 34.7. The summed E-state index contributed by atoms with van der Waals surface area (Å²) in [5.41, 5.74) is -0.219. The van der Waals surface area contributed by atoms with Gasteiger partial charge in [0.05, 0.1) is 11.4 Å². The Bertz CT molecular complexity index is 1020. The zero-order chi connectivity index (χ0) is 22.0. The third kappa shape index (κ3) is 3.83. The number of rotatable bonds is 5. The number of alkyl halides is 2. The number of carbonyl (C=O) groups is 3. The maximum atomic E-state index is 13.2. The van der Waals surface area contributed by atoms with E-state index in [4.69, 9.17) is 4.74 Å². The van der Waals surface area contributed by atoms with Gasteiger partial charge in [-0.15, -0.1) is 0 Å². The molecule has 2 aromatic rings. The van der Waals surface area contributed by atoms with E-state index in [0.29, 0.717) is 24.2 Å². The molecule has 31 heavy (non-hydrogen) atoms. The van der Waals surface area contributed by atoms with Crippen LogP contribution in [0.2, 0.25) is 0 Å². The minimum atomic E-state index is -3.11. The van der Waals surface area contributed by atoms with Crippen LogP contribution in [0.15, 0.2) is 48.5 Å². The Kier molecular flexibility index (Phi) is 5.58. The standard InChI is InChI=1S/C22H20F2N2O5/c23-21(24)31-17-10-4-1-7-14(17)19(28)30-13-18(27)26-16-9-3-2-8-15(16)25-20(29)22(26)11-5-6-12-22/h1-4,7-10,21H,5-6,11-13H2,(H,25,29). The van der Waals surface area contributed by atoms with Gasteiger partial charge in [0.25, 0.3) is 11.8 Å². The molecule has 4 rings (SSSR count). The van der Waals surface area contributed by atoms with Gasteiger partial charge >= 0.3 is 12.6 Å². The second-order valence-electron chi connectivity index (χ2n) is 7.39. The summed E-state index contributed by atoms with van der Waals surface area (Å²) in [6.07, 6.45) is 2.57. The predicted molar refractivity (Wildman–Crippen MR) is 107 cm³/mol. The van der Waals surface area contributed by atoms with Gasteiger partial charge in [-0.05, 0) is 37.1 Å². The molecular weight excluding hydrogens is 410 g/mol. The molecule has 1 fully saturated rings. The molecule has 0 saturated heterocycles. The van der Waals surface area contributed by atoms with E-state index in [0.717, 1.165) is 12.8 Å². The number of benzene rings is 2. The van der Waals surface area contributed by atoms with Crippen molar-refractivity contribution < 1.29 is 32.6 Å².